The van der Waals surface area contributed by atoms with Gasteiger partial charge >= 0.3 is 0 Å². The Balaban J connectivity index is 2.25. The summed E-state index contributed by atoms with van der Waals surface area (Å²) in [4.78, 5) is 0. The van der Waals surface area contributed by atoms with Crippen LogP contribution in [0, 0.1) is 18.6 Å². The van der Waals surface area contributed by atoms with E-state index in [4.69, 9.17) is 9.47 Å². The Kier molecular flexibility index (Phi) is 8.42. The third-order valence-corrected chi connectivity index (χ3v) is 3.34. The van der Waals surface area contributed by atoms with Crippen LogP contribution in [0.4, 0.5) is 8.78 Å². The van der Waals surface area contributed by atoms with Gasteiger partial charge in [-0.15, -0.1) is 0 Å². The predicted molar refractivity (Wildman–Crippen MR) is 79.4 cm³/mol. The van der Waals surface area contributed by atoms with E-state index in [1.807, 2.05) is 6.92 Å². The number of benzene rings is 1. The second kappa shape index (κ2) is 9.82. The Labute approximate surface area is 125 Å². The van der Waals surface area contributed by atoms with Crippen molar-refractivity contribution in [3.05, 3.63) is 34.9 Å². The Morgan fingerprint density at radius 1 is 1.10 bits per heavy atom. The molecule has 0 spiro atoms. The number of aryl methyl sites for hydroxylation is 1. The zero-order chi connectivity index (χ0) is 15.7. The molecule has 1 N–H and O–H groups in total. The lowest BCUT2D eigenvalue weighted by Crippen LogP contribution is -2.21. The molecule has 0 aliphatic heterocycles. The van der Waals surface area contributed by atoms with Gasteiger partial charge in [-0.2, -0.15) is 0 Å². The molecule has 21 heavy (non-hydrogen) atoms. The van der Waals surface area contributed by atoms with Crippen LogP contribution in [-0.4, -0.2) is 33.5 Å². The molecule has 1 aromatic rings. The topological polar surface area (TPSA) is 30.5 Å². The first-order chi connectivity index (χ1) is 10.1. The smallest absolute Gasteiger partial charge is 0.128 e. The normalized spacial score (nSPS) is 12.6. The standard InChI is InChI=1S/C16H25F2NO2/c1-12-10-16(18)14(11-15(12)17)13(2)19-6-4-5-7-21-9-8-20-3/h10-11,13,19H,4-9H2,1-3H3. The van der Waals surface area contributed by atoms with Crippen LogP contribution in [0.15, 0.2) is 12.1 Å². The minimum Gasteiger partial charge on any atom is -0.382 e. The van der Waals surface area contributed by atoms with Crippen molar-refractivity contribution < 1.29 is 18.3 Å². The molecular weight excluding hydrogens is 276 g/mol. The molecule has 0 aromatic heterocycles. The van der Waals surface area contributed by atoms with E-state index in [9.17, 15) is 8.78 Å². The van der Waals surface area contributed by atoms with Crippen LogP contribution in [0.1, 0.15) is 36.9 Å². The number of hydrogen-bond donors (Lipinski definition) is 1. The molecule has 1 aromatic carbocycles. The fourth-order valence-electron chi connectivity index (χ4n) is 2.00. The molecule has 0 heterocycles. The third kappa shape index (κ3) is 6.50. The van der Waals surface area contributed by atoms with E-state index in [1.165, 1.54) is 12.1 Å². The van der Waals surface area contributed by atoms with Crippen molar-refractivity contribution in [3.63, 3.8) is 0 Å². The lowest BCUT2D eigenvalue weighted by Gasteiger charge is -2.16. The lowest BCUT2D eigenvalue weighted by molar-refractivity contribution is 0.0687. The quantitative estimate of drug-likeness (QED) is 0.672. The summed E-state index contributed by atoms with van der Waals surface area (Å²) in [6, 6.07) is 2.30. The predicted octanol–water partition coefficient (Wildman–Crippen LogP) is 3.37. The second-order valence-electron chi connectivity index (χ2n) is 5.11. The molecule has 0 saturated carbocycles. The van der Waals surface area contributed by atoms with Crippen molar-refractivity contribution in [2.24, 2.45) is 0 Å². The Bertz CT molecular complexity index is 427. The maximum Gasteiger partial charge on any atom is 0.128 e. The summed E-state index contributed by atoms with van der Waals surface area (Å²) in [5.74, 6) is -0.733. The van der Waals surface area contributed by atoms with Crippen LogP contribution in [0.5, 0.6) is 0 Å². The largest absolute Gasteiger partial charge is 0.382 e. The van der Waals surface area contributed by atoms with Gasteiger partial charge in [0.2, 0.25) is 0 Å². The zero-order valence-corrected chi connectivity index (χ0v) is 13.0. The molecule has 1 rings (SSSR count). The third-order valence-electron chi connectivity index (χ3n) is 3.34. The van der Waals surface area contributed by atoms with Crippen molar-refractivity contribution in [2.45, 2.75) is 32.7 Å². The zero-order valence-electron chi connectivity index (χ0n) is 13.0. The Hall–Kier alpha value is -1.04. The van der Waals surface area contributed by atoms with Gasteiger partial charge in [0.25, 0.3) is 0 Å². The van der Waals surface area contributed by atoms with Crippen molar-refractivity contribution >= 4 is 0 Å². The first-order valence-corrected chi connectivity index (χ1v) is 7.32. The minimum absolute atomic E-state index is 0.213. The molecule has 0 bridgehead atoms. The molecule has 0 aliphatic carbocycles. The van der Waals surface area contributed by atoms with Crippen molar-refractivity contribution in [2.75, 3.05) is 33.5 Å². The van der Waals surface area contributed by atoms with E-state index in [1.54, 1.807) is 14.0 Å². The van der Waals surface area contributed by atoms with Crippen molar-refractivity contribution in [3.8, 4) is 0 Å². The van der Waals surface area contributed by atoms with Crippen molar-refractivity contribution in [1.29, 1.82) is 0 Å². The van der Waals surface area contributed by atoms with Gasteiger partial charge in [-0.05, 0) is 50.9 Å². The SMILES string of the molecule is COCCOCCCCNC(C)c1cc(F)c(C)cc1F. The van der Waals surface area contributed by atoms with E-state index in [0.29, 0.717) is 30.9 Å². The van der Waals surface area contributed by atoms with Crippen LogP contribution in [-0.2, 0) is 9.47 Å². The van der Waals surface area contributed by atoms with Gasteiger partial charge in [0.15, 0.2) is 0 Å². The fourth-order valence-corrected chi connectivity index (χ4v) is 2.00. The number of hydrogen-bond acceptors (Lipinski definition) is 3. The van der Waals surface area contributed by atoms with E-state index < -0.39 is 0 Å². The van der Waals surface area contributed by atoms with Gasteiger partial charge in [-0.1, -0.05) is 0 Å². The number of methoxy groups -OCH3 is 1. The monoisotopic (exact) mass is 301 g/mol. The number of ether oxygens (including phenoxy) is 2. The summed E-state index contributed by atoms with van der Waals surface area (Å²) < 4.78 is 37.5. The summed E-state index contributed by atoms with van der Waals surface area (Å²) in [6.07, 6.45) is 1.85. The van der Waals surface area contributed by atoms with Crippen LogP contribution in [0.25, 0.3) is 0 Å². The molecular formula is C16H25F2NO2. The summed E-state index contributed by atoms with van der Waals surface area (Å²) in [7, 11) is 1.64. The fraction of sp³-hybridized carbons (Fsp3) is 0.625. The maximum atomic E-state index is 13.8. The summed E-state index contributed by atoms with van der Waals surface area (Å²) in [5, 5.41) is 3.20. The number of rotatable bonds is 10. The highest BCUT2D eigenvalue weighted by Gasteiger charge is 2.13. The molecule has 5 heteroatoms. The number of halogens is 2. The molecule has 1 atom stereocenters. The molecule has 0 aliphatic rings. The average molecular weight is 301 g/mol. The lowest BCUT2D eigenvalue weighted by atomic mass is 10.0. The first kappa shape index (κ1) is 18.0. The Morgan fingerprint density at radius 2 is 1.86 bits per heavy atom. The first-order valence-electron chi connectivity index (χ1n) is 7.32. The highest BCUT2D eigenvalue weighted by atomic mass is 19.1. The van der Waals surface area contributed by atoms with E-state index in [-0.39, 0.29) is 17.7 Å². The summed E-state index contributed by atoms with van der Waals surface area (Å²) >= 11 is 0. The van der Waals surface area contributed by atoms with Crippen LogP contribution in [0.2, 0.25) is 0 Å². The average Bonchev–Trinajstić information content (AvgIpc) is 2.45. The van der Waals surface area contributed by atoms with Crippen LogP contribution in [0.3, 0.4) is 0 Å². The highest BCUT2D eigenvalue weighted by molar-refractivity contribution is 5.27. The second-order valence-corrected chi connectivity index (χ2v) is 5.11. The number of nitrogens with one attached hydrogen (secondary N) is 1. The summed E-state index contributed by atoms with van der Waals surface area (Å²) in [5.41, 5.74) is 0.700. The molecule has 0 amide bonds. The van der Waals surface area contributed by atoms with Gasteiger partial charge in [-0.25, -0.2) is 8.78 Å². The highest BCUT2D eigenvalue weighted by Crippen LogP contribution is 2.20. The van der Waals surface area contributed by atoms with Crippen molar-refractivity contribution in [1.82, 2.24) is 5.32 Å². The van der Waals surface area contributed by atoms with E-state index in [0.717, 1.165) is 19.4 Å². The minimum atomic E-state index is -0.369. The van der Waals surface area contributed by atoms with Crippen LogP contribution < -0.4 is 5.32 Å². The molecule has 3 nitrogen and oxygen atoms in total. The molecule has 0 saturated heterocycles. The molecule has 1 unspecified atom stereocenters. The number of unbranched alkanes of at least 4 members (excludes halogenated alkanes) is 1. The van der Waals surface area contributed by atoms with Gasteiger partial charge in [0.1, 0.15) is 11.6 Å². The van der Waals surface area contributed by atoms with Gasteiger partial charge in [-0.3, -0.25) is 0 Å². The molecule has 120 valence electrons. The molecule has 0 radical (unpaired) electrons. The van der Waals surface area contributed by atoms with E-state index in [2.05, 4.69) is 5.32 Å². The Morgan fingerprint density at radius 3 is 2.57 bits per heavy atom. The van der Waals surface area contributed by atoms with Gasteiger partial charge in [0, 0.05) is 25.3 Å². The maximum absolute atomic E-state index is 13.8. The van der Waals surface area contributed by atoms with E-state index >= 15 is 0 Å². The van der Waals surface area contributed by atoms with Crippen LogP contribution >= 0.6 is 0 Å². The van der Waals surface area contributed by atoms with Gasteiger partial charge < -0.3 is 14.8 Å². The molecule has 0 fully saturated rings. The van der Waals surface area contributed by atoms with Gasteiger partial charge in [0.05, 0.1) is 13.2 Å². The summed E-state index contributed by atoms with van der Waals surface area (Å²) in [6.45, 7) is 6.03.